The summed E-state index contributed by atoms with van der Waals surface area (Å²) in [7, 11) is 0. The number of aromatic nitrogens is 1. The van der Waals surface area contributed by atoms with Crippen molar-refractivity contribution in [2.75, 3.05) is 4.90 Å². The lowest BCUT2D eigenvalue weighted by atomic mass is 9.77. The summed E-state index contributed by atoms with van der Waals surface area (Å²) in [4.78, 5) is 2.52. The van der Waals surface area contributed by atoms with Crippen LogP contribution in [0.2, 0.25) is 0 Å². The molecule has 0 bridgehead atoms. The molecule has 0 N–H and O–H groups in total. The van der Waals surface area contributed by atoms with E-state index in [2.05, 4.69) is 254 Å². The molecule has 1 aromatic heterocycles. The van der Waals surface area contributed by atoms with Gasteiger partial charge in [-0.05, 0) is 104 Å². The van der Waals surface area contributed by atoms with Crippen LogP contribution in [0.4, 0.5) is 17.1 Å². The third kappa shape index (κ3) is 5.86. The Morgan fingerprint density at radius 3 is 1.76 bits per heavy atom. The molecule has 11 aromatic rings. The number of para-hydroxylation sites is 2. The fourth-order valence-electron chi connectivity index (χ4n) is 10.6. The molecule has 10 aromatic carbocycles. The van der Waals surface area contributed by atoms with Crippen LogP contribution in [-0.4, -0.2) is 4.57 Å². The molecule has 0 aliphatic heterocycles. The minimum Gasteiger partial charge on any atom is -0.309 e. The topological polar surface area (TPSA) is 8.17 Å². The van der Waals surface area contributed by atoms with Gasteiger partial charge in [0.05, 0.1) is 22.4 Å². The van der Waals surface area contributed by atoms with Gasteiger partial charge in [0.15, 0.2) is 0 Å². The fraction of sp³-hybridized carbons (Fsp3) is 0.0492. The molecule has 1 aliphatic carbocycles. The van der Waals surface area contributed by atoms with Gasteiger partial charge < -0.3 is 9.47 Å². The summed E-state index contributed by atoms with van der Waals surface area (Å²) in [6, 6.07) is 84.8. The summed E-state index contributed by atoms with van der Waals surface area (Å²) < 4.78 is 2.40. The van der Waals surface area contributed by atoms with Crippen LogP contribution in [0.1, 0.15) is 25.0 Å². The Labute approximate surface area is 368 Å². The van der Waals surface area contributed by atoms with Crippen LogP contribution in [0.3, 0.4) is 0 Å². The fourth-order valence-corrected chi connectivity index (χ4v) is 10.6. The molecule has 0 unspecified atom stereocenters. The highest BCUT2D eigenvalue weighted by atomic mass is 15.1. The second-order valence-corrected chi connectivity index (χ2v) is 17.3. The van der Waals surface area contributed by atoms with Crippen LogP contribution < -0.4 is 4.90 Å². The normalized spacial score (nSPS) is 12.7. The van der Waals surface area contributed by atoms with Gasteiger partial charge in [-0.1, -0.05) is 196 Å². The Morgan fingerprint density at radius 2 is 0.937 bits per heavy atom. The van der Waals surface area contributed by atoms with E-state index < -0.39 is 0 Å². The molecule has 63 heavy (non-hydrogen) atoms. The molecule has 2 heteroatoms. The largest absolute Gasteiger partial charge is 0.309 e. The van der Waals surface area contributed by atoms with Gasteiger partial charge in [0.25, 0.3) is 0 Å². The molecule has 0 atom stereocenters. The van der Waals surface area contributed by atoms with Crippen molar-refractivity contribution < 1.29 is 0 Å². The van der Waals surface area contributed by atoms with Crippen LogP contribution in [-0.2, 0) is 5.41 Å². The Bertz CT molecular complexity index is 3520. The number of benzene rings is 10. The first kappa shape index (κ1) is 36.9. The van der Waals surface area contributed by atoms with E-state index in [4.69, 9.17) is 0 Å². The highest BCUT2D eigenvalue weighted by Crippen LogP contribution is 2.55. The van der Waals surface area contributed by atoms with E-state index in [-0.39, 0.29) is 5.41 Å². The SMILES string of the molecule is CC1(C)c2ccccc2-c2cccc(-c3cccc(N(c4ccc5c(c4)c4ccccc4n5-c4ccccc4)c4cccc5ccccc45)c3-c3ccc(-c4ccccc4)cc3)c21. The van der Waals surface area contributed by atoms with Crippen molar-refractivity contribution in [1.82, 2.24) is 4.57 Å². The average molecular weight is 805 g/mol. The minimum absolute atomic E-state index is 0.194. The van der Waals surface area contributed by atoms with Gasteiger partial charge in [-0.25, -0.2) is 0 Å². The summed E-state index contributed by atoms with van der Waals surface area (Å²) in [5.41, 5.74) is 19.3. The van der Waals surface area contributed by atoms with Crippen LogP contribution >= 0.6 is 0 Å². The van der Waals surface area contributed by atoms with Gasteiger partial charge >= 0.3 is 0 Å². The molecular weight excluding hydrogens is 761 g/mol. The Morgan fingerprint density at radius 1 is 0.381 bits per heavy atom. The van der Waals surface area contributed by atoms with E-state index in [1.165, 1.54) is 82.6 Å². The van der Waals surface area contributed by atoms with Crippen LogP contribution in [0.15, 0.2) is 231 Å². The lowest BCUT2D eigenvalue weighted by molar-refractivity contribution is 0.662. The number of anilines is 3. The second-order valence-electron chi connectivity index (χ2n) is 17.3. The van der Waals surface area contributed by atoms with Crippen molar-refractivity contribution in [3.8, 4) is 50.2 Å². The van der Waals surface area contributed by atoms with Gasteiger partial charge in [-0.2, -0.15) is 0 Å². The first-order chi connectivity index (χ1) is 31.0. The predicted molar refractivity (Wildman–Crippen MR) is 267 cm³/mol. The highest BCUT2D eigenvalue weighted by Gasteiger charge is 2.38. The van der Waals surface area contributed by atoms with Crippen LogP contribution in [0, 0.1) is 0 Å². The molecule has 1 aliphatic rings. The summed E-state index contributed by atoms with van der Waals surface area (Å²) in [6.45, 7) is 4.78. The number of hydrogen-bond acceptors (Lipinski definition) is 1. The molecular formula is C61H44N2. The van der Waals surface area contributed by atoms with E-state index in [1.54, 1.807) is 0 Å². The first-order valence-electron chi connectivity index (χ1n) is 21.9. The zero-order valence-corrected chi connectivity index (χ0v) is 35.3. The molecule has 1 heterocycles. The van der Waals surface area contributed by atoms with Crippen molar-refractivity contribution in [2.24, 2.45) is 0 Å². The summed E-state index contributed by atoms with van der Waals surface area (Å²) >= 11 is 0. The minimum atomic E-state index is -0.194. The summed E-state index contributed by atoms with van der Waals surface area (Å²) in [5.74, 6) is 0. The van der Waals surface area contributed by atoms with Crippen LogP contribution in [0.25, 0.3) is 82.8 Å². The number of nitrogens with zero attached hydrogens (tertiary/aromatic N) is 2. The monoisotopic (exact) mass is 804 g/mol. The van der Waals surface area contributed by atoms with Crippen molar-refractivity contribution in [3.05, 3.63) is 242 Å². The van der Waals surface area contributed by atoms with Crippen LogP contribution in [0.5, 0.6) is 0 Å². The molecule has 12 rings (SSSR count). The van der Waals surface area contributed by atoms with Crippen molar-refractivity contribution in [1.29, 1.82) is 0 Å². The zero-order valence-electron chi connectivity index (χ0n) is 35.3. The van der Waals surface area contributed by atoms with E-state index >= 15 is 0 Å². The quantitative estimate of drug-likeness (QED) is 0.156. The predicted octanol–water partition coefficient (Wildman–Crippen LogP) is 16.7. The number of rotatable bonds is 7. The maximum absolute atomic E-state index is 2.52. The molecule has 0 amide bonds. The van der Waals surface area contributed by atoms with Crippen molar-refractivity contribution in [3.63, 3.8) is 0 Å². The molecule has 0 saturated carbocycles. The summed E-state index contributed by atoms with van der Waals surface area (Å²) in [5, 5.41) is 4.83. The Hall–Kier alpha value is -7.94. The van der Waals surface area contributed by atoms with Gasteiger partial charge in [0, 0.05) is 38.5 Å². The first-order valence-corrected chi connectivity index (χ1v) is 21.9. The number of hydrogen-bond donors (Lipinski definition) is 0. The maximum atomic E-state index is 2.52. The lowest BCUT2D eigenvalue weighted by Gasteiger charge is -2.31. The summed E-state index contributed by atoms with van der Waals surface area (Å²) in [6.07, 6.45) is 0. The molecule has 0 fully saturated rings. The Balaban J connectivity index is 1.16. The third-order valence-electron chi connectivity index (χ3n) is 13.4. The van der Waals surface area contributed by atoms with Gasteiger partial charge in [-0.15, -0.1) is 0 Å². The van der Waals surface area contributed by atoms with E-state index in [9.17, 15) is 0 Å². The van der Waals surface area contributed by atoms with E-state index in [0.29, 0.717) is 0 Å². The van der Waals surface area contributed by atoms with Gasteiger partial charge in [0.1, 0.15) is 0 Å². The Kier molecular flexibility index (Phi) is 8.55. The lowest BCUT2D eigenvalue weighted by Crippen LogP contribution is -2.17. The molecule has 298 valence electrons. The third-order valence-corrected chi connectivity index (χ3v) is 13.4. The van der Waals surface area contributed by atoms with E-state index in [1.807, 2.05) is 0 Å². The molecule has 0 radical (unpaired) electrons. The van der Waals surface area contributed by atoms with E-state index in [0.717, 1.165) is 28.3 Å². The smallest absolute Gasteiger partial charge is 0.0546 e. The van der Waals surface area contributed by atoms with Gasteiger partial charge in [0.2, 0.25) is 0 Å². The standard InChI is InChI=1S/C61H44N2/c1-61(2)54-30-13-11-25-48(54)51-28-16-29-52(60(51)61)50-27-17-33-58(59(50)44-36-34-42(35-37-44)41-18-5-3-6-19-41)63(55-32-15-21-43-20-9-10-24-47(43)55)46-38-39-57-53(40-46)49-26-12-14-31-56(49)62(57)45-22-7-4-8-23-45/h3-40H,1-2H3. The van der Waals surface area contributed by atoms with Crippen molar-refractivity contribution in [2.45, 2.75) is 19.3 Å². The maximum Gasteiger partial charge on any atom is 0.0546 e. The van der Waals surface area contributed by atoms with Crippen molar-refractivity contribution >= 4 is 49.6 Å². The molecule has 0 spiro atoms. The zero-order chi connectivity index (χ0) is 42.1. The van der Waals surface area contributed by atoms with Gasteiger partial charge in [-0.3, -0.25) is 0 Å². The average Bonchev–Trinajstić information content (AvgIpc) is 3.80. The second kappa shape index (κ2) is 14.6. The number of fused-ring (bicyclic) bond motifs is 7. The molecule has 2 nitrogen and oxygen atoms in total. The molecule has 0 saturated heterocycles. The highest BCUT2D eigenvalue weighted by molar-refractivity contribution is 6.12.